The maximum Gasteiger partial charge on any atom is 0.334 e. The molecule has 0 aromatic heterocycles. The van der Waals surface area contributed by atoms with Crippen LogP contribution in [0.4, 0.5) is 4.79 Å². The van der Waals surface area contributed by atoms with E-state index in [0.29, 0.717) is 0 Å². The summed E-state index contributed by atoms with van der Waals surface area (Å²) in [6.45, 7) is -0.360. The highest BCUT2D eigenvalue weighted by Gasteiger charge is 2.45. The molecule has 0 unspecified atom stereocenters. The number of rotatable bonds is 4. The van der Waals surface area contributed by atoms with Crippen LogP contribution in [-0.4, -0.2) is 58.1 Å². The third kappa shape index (κ3) is 2.51. The summed E-state index contributed by atoms with van der Waals surface area (Å²) in [6.07, 6.45) is 7.94. The average molecular weight is 305 g/mol. The van der Waals surface area contributed by atoms with Gasteiger partial charge < -0.3 is 4.90 Å². The number of amides is 5. The Hall–Kier alpha value is -2.18. The van der Waals surface area contributed by atoms with Gasteiger partial charge in [-0.25, -0.2) is 9.69 Å². The lowest BCUT2D eigenvalue weighted by molar-refractivity contribution is -0.144. The zero-order valence-corrected chi connectivity index (χ0v) is 12.6. The molecule has 0 N–H and O–H groups in total. The Balaban J connectivity index is 1.75. The molecule has 3 rings (SSSR count). The molecule has 0 spiro atoms. The molecule has 1 saturated heterocycles. The second-order valence-electron chi connectivity index (χ2n) is 5.97. The number of hydrogen-bond donors (Lipinski definition) is 0. The lowest BCUT2D eigenvalue weighted by Gasteiger charge is -2.28. The molecule has 7 nitrogen and oxygen atoms in total. The van der Waals surface area contributed by atoms with Crippen LogP contribution in [0, 0.1) is 0 Å². The standard InChI is InChI=1S/C15H19N3O4/c1-16-13(20)14(21)17(15(16)22)9-12(19)18(11-7-8-11)10-5-3-2-4-6-10/h5,11H,2-4,6-9H2,1H3. The summed E-state index contributed by atoms with van der Waals surface area (Å²) in [5, 5.41) is 0. The van der Waals surface area contributed by atoms with E-state index in [-0.39, 0.29) is 18.5 Å². The van der Waals surface area contributed by atoms with Gasteiger partial charge in [-0.15, -0.1) is 0 Å². The zero-order chi connectivity index (χ0) is 15.9. The Kier molecular flexibility index (Phi) is 3.72. The molecule has 0 aromatic carbocycles. The van der Waals surface area contributed by atoms with Crippen LogP contribution in [0.3, 0.4) is 0 Å². The first kappa shape index (κ1) is 14.7. The molecule has 0 aromatic rings. The first-order chi connectivity index (χ1) is 10.5. The van der Waals surface area contributed by atoms with E-state index in [0.717, 1.165) is 54.0 Å². The van der Waals surface area contributed by atoms with Crippen LogP contribution in [0.1, 0.15) is 38.5 Å². The van der Waals surface area contributed by atoms with Crippen molar-refractivity contribution in [3.63, 3.8) is 0 Å². The number of hydrogen-bond acceptors (Lipinski definition) is 4. The van der Waals surface area contributed by atoms with Gasteiger partial charge in [0.05, 0.1) is 0 Å². The third-order valence-electron chi connectivity index (χ3n) is 4.30. The summed E-state index contributed by atoms with van der Waals surface area (Å²) in [5.41, 5.74) is 0.998. The molecule has 0 bridgehead atoms. The van der Waals surface area contributed by atoms with Gasteiger partial charge in [0.2, 0.25) is 5.91 Å². The van der Waals surface area contributed by atoms with Crippen molar-refractivity contribution < 1.29 is 19.2 Å². The van der Waals surface area contributed by atoms with Crippen LogP contribution in [0.15, 0.2) is 11.8 Å². The molecule has 1 heterocycles. The molecule has 7 heteroatoms. The van der Waals surface area contributed by atoms with Gasteiger partial charge in [0.1, 0.15) is 6.54 Å². The summed E-state index contributed by atoms with van der Waals surface area (Å²) in [5.74, 6) is -2.08. The highest BCUT2D eigenvalue weighted by molar-refractivity contribution is 6.44. The fourth-order valence-corrected chi connectivity index (χ4v) is 2.94. The predicted molar refractivity (Wildman–Crippen MR) is 76.3 cm³/mol. The molecular weight excluding hydrogens is 286 g/mol. The maximum absolute atomic E-state index is 12.6. The van der Waals surface area contributed by atoms with E-state index in [2.05, 4.69) is 6.08 Å². The molecule has 22 heavy (non-hydrogen) atoms. The quantitative estimate of drug-likeness (QED) is 0.570. The number of likely N-dealkylation sites (N-methyl/N-ethyl adjacent to an activating group) is 1. The summed E-state index contributed by atoms with van der Waals surface area (Å²) in [6, 6.07) is -0.546. The maximum atomic E-state index is 12.6. The molecule has 5 amide bonds. The van der Waals surface area contributed by atoms with Crippen molar-refractivity contribution in [2.75, 3.05) is 13.6 Å². The highest BCUT2D eigenvalue weighted by atomic mass is 16.2. The molecule has 0 atom stereocenters. The fraction of sp³-hybridized carbons (Fsp3) is 0.600. The molecule has 2 fully saturated rings. The van der Waals surface area contributed by atoms with Crippen molar-refractivity contribution in [2.45, 2.75) is 44.6 Å². The Morgan fingerprint density at radius 2 is 1.95 bits per heavy atom. The van der Waals surface area contributed by atoms with Crippen molar-refractivity contribution >= 4 is 23.8 Å². The van der Waals surface area contributed by atoms with Crippen molar-refractivity contribution in [2.24, 2.45) is 0 Å². The van der Waals surface area contributed by atoms with Crippen molar-refractivity contribution in [3.8, 4) is 0 Å². The lowest BCUT2D eigenvalue weighted by atomic mass is 10.0. The van der Waals surface area contributed by atoms with Crippen molar-refractivity contribution in [1.82, 2.24) is 14.7 Å². The van der Waals surface area contributed by atoms with E-state index in [1.54, 1.807) is 4.90 Å². The minimum Gasteiger partial charge on any atom is -0.312 e. The second-order valence-corrected chi connectivity index (χ2v) is 5.97. The number of nitrogens with zero attached hydrogens (tertiary/aromatic N) is 3. The number of carbonyl (C=O) groups is 4. The SMILES string of the molecule is CN1C(=O)C(=O)N(CC(=O)N(C2=CCCCC2)C2CC2)C1=O. The van der Waals surface area contributed by atoms with Crippen LogP contribution in [0.2, 0.25) is 0 Å². The topological polar surface area (TPSA) is 78.0 Å². The van der Waals surface area contributed by atoms with Gasteiger partial charge in [0, 0.05) is 18.8 Å². The molecule has 0 radical (unpaired) electrons. The van der Waals surface area contributed by atoms with Crippen molar-refractivity contribution in [1.29, 1.82) is 0 Å². The zero-order valence-electron chi connectivity index (χ0n) is 12.6. The monoisotopic (exact) mass is 305 g/mol. The fourth-order valence-electron chi connectivity index (χ4n) is 2.94. The lowest BCUT2D eigenvalue weighted by Crippen LogP contribution is -2.44. The molecule has 2 aliphatic carbocycles. The number of urea groups is 1. The highest BCUT2D eigenvalue weighted by Crippen LogP contribution is 2.34. The van der Waals surface area contributed by atoms with E-state index >= 15 is 0 Å². The van der Waals surface area contributed by atoms with Gasteiger partial charge in [-0.1, -0.05) is 6.08 Å². The largest absolute Gasteiger partial charge is 0.334 e. The van der Waals surface area contributed by atoms with Gasteiger partial charge in [0.25, 0.3) is 0 Å². The Bertz CT molecular complexity index is 579. The third-order valence-corrected chi connectivity index (χ3v) is 4.30. The number of imide groups is 2. The van der Waals surface area contributed by atoms with Crippen LogP contribution in [0.25, 0.3) is 0 Å². The van der Waals surface area contributed by atoms with Crippen LogP contribution >= 0.6 is 0 Å². The molecular formula is C15H19N3O4. The summed E-state index contributed by atoms with van der Waals surface area (Å²) in [4.78, 5) is 51.0. The van der Waals surface area contributed by atoms with Crippen LogP contribution < -0.4 is 0 Å². The van der Waals surface area contributed by atoms with Crippen LogP contribution in [0.5, 0.6) is 0 Å². The molecule has 1 aliphatic heterocycles. The summed E-state index contributed by atoms with van der Waals surface area (Å²) < 4.78 is 0. The normalized spacial score (nSPS) is 22.2. The number of carbonyl (C=O) groups excluding carboxylic acids is 4. The Morgan fingerprint density at radius 1 is 1.23 bits per heavy atom. The minimum absolute atomic E-state index is 0.179. The predicted octanol–water partition coefficient (Wildman–Crippen LogP) is 0.856. The van der Waals surface area contributed by atoms with Gasteiger partial charge in [-0.3, -0.25) is 19.3 Å². The Labute approximate surface area is 128 Å². The minimum atomic E-state index is -0.922. The summed E-state index contributed by atoms with van der Waals surface area (Å²) in [7, 11) is 1.25. The second kappa shape index (κ2) is 5.55. The van der Waals surface area contributed by atoms with E-state index < -0.39 is 17.8 Å². The average Bonchev–Trinajstić information content (AvgIpc) is 3.33. The smallest absolute Gasteiger partial charge is 0.312 e. The van der Waals surface area contributed by atoms with E-state index in [1.807, 2.05) is 0 Å². The molecule has 118 valence electrons. The van der Waals surface area contributed by atoms with E-state index in [1.165, 1.54) is 7.05 Å². The van der Waals surface area contributed by atoms with Gasteiger partial charge in [-0.05, 0) is 38.5 Å². The molecule has 3 aliphatic rings. The van der Waals surface area contributed by atoms with Gasteiger partial charge in [-0.2, -0.15) is 0 Å². The van der Waals surface area contributed by atoms with E-state index in [9.17, 15) is 19.2 Å². The van der Waals surface area contributed by atoms with Crippen LogP contribution in [-0.2, 0) is 14.4 Å². The first-order valence-corrected chi connectivity index (χ1v) is 7.65. The van der Waals surface area contributed by atoms with Crippen molar-refractivity contribution in [3.05, 3.63) is 11.8 Å². The molecule has 1 saturated carbocycles. The van der Waals surface area contributed by atoms with Gasteiger partial charge in [0.15, 0.2) is 0 Å². The van der Waals surface area contributed by atoms with E-state index in [4.69, 9.17) is 0 Å². The summed E-state index contributed by atoms with van der Waals surface area (Å²) >= 11 is 0. The Morgan fingerprint density at radius 3 is 2.45 bits per heavy atom. The first-order valence-electron chi connectivity index (χ1n) is 7.65. The number of allylic oxidation sites excluding steroid dienone is 2. The van der Waals surface area contributed by atoms with Gasteiger partial charge >= 0.3 is 17.8 Å².